The van der Waals surface area contributed by atoms with E-state index in [2.05, 4.69) is 51.7 Å². The number of carbonyl (C=O) groups is 1. The average molecular weight is 420 g/mol. The van der Waals surface area contributed by atoms with E-state index in [1.165, 1.54) is 48.0 Å². The number of rotatable bonds is 8. The highest BCUT2D eigenvalue weighted by molar-refractivity contribution is 8.02. The number of piperidine rings is 1. The summed E-state index contributed by atoms with van der Waals surface area (Å²) in [5.74, 6) is 0.522. The third-order valence-electron chi connectivity index (χ3n) is 4.57. The zero-order chi connectivity index (χ0) is 19.9. The van der Waals surface area contributed by atoms with Crippen LogP contribution in [0.25, 0.3) is 0 Å². The number of hydrogen-bond acceptors (Lipinski definition) is 7. The first-order valence-electron chi connectivity index (χ1n) is 9.91. The van der Waals surface area contributed by atoms with Gasteiger partial charge in [-0.3, -0.25) is 4.79 Å². The van der Waals surface area contributed by atoms with Gasteiger partial charge in [0.1, 0.15) is 0 Å². The first-order chi connectivity index (χ1) is 13.5. The Bertz CT molecular complexity index is 756. The minimum atomic E-state index is -0.243. The Morgan fingerprint density at radius 3 is 2.54 bits per heavy atom. The second kappa shape index (κ2) is 10.1. The average Bonchev–Trinajstić information content (AvgIpc) is 3.15. The maximum absolute atomic E-state index is 12.5. The van der Waals surface area contributed by atoms with Gasteiger partial charge in [0.2, 0.25) is 11.0 Å². The van der Waals surface area contributed by atoms with Crippen LogP contribution >= 0.6 is 23.1 Å². The van der Waals surface area contributed by atoms with E-state index in [-0.39, 0.29) is 11.2 Å². The lowest BCUT2D eigenvalue weighted by Crippen LogP contribution is -2.29. The molecule has 8 heteroatoms. The summed E-state index contributed by atoms with van der Waals surface area (Å²) in [5, 5.41) is 15.1. The molecule has 0 spiro atoms. The topological polar surface area (TPSA) is 70.1 Å². The van der Waals surface area contributed by atoms with Crippen LogP contribution in [0.1, 0.15) is 40.0 Å². The highest BCUT2D eigenvalue weighted by Crippen LogP contribution is 2.30. The SMILES string of the molecule is CC(C)CNc1nnc(SC(C)C(=O)Nc2ccc(N3CCCCC3)cc2)s1. The Kier molecular flexibility index (Phi) is 7.56. The van der Waals surface area contributed by atoms with Crippen LogP contribution in [-0.4, -0.2) is 41.0 Å². The predicted octanol–water partition coefficient (Wildman–Crippen LogP) is 4.72. The van der Waals surface area contributed by atoms with Crippen LogP contribution in [0.3, 0.4) is 0 Å². The molecule has 2 heterocycles. The lowest BCUT2D eigenvalue weighted by atomic mass is 10.1. The van der Waals surface area contributed by atoms with Crippen LogP contribution in [0.2, 0.25) is 0 Å². The molecule has 0 saturated carbocycles. The molecule has 1 aromatic heterocycles. The Morgan fingerprint density at radius 1 is 1.14 bits per heavy atom. The van der Waals surface area contributed by atoms with Crippen LogP contribution < -0.4 is 15.5 Å². The van der Waals surface area contributed by atoms with Gasteiger partial charge in [0.25, 0.3) is 0 Å². The molecule has 152 valence electrons. The van der Waals surface area contributed by atoms with Gasteiger partial charge in [0.05, 0.1) is 5.25 Å². The molecule has 0 radical (unpaired) electrons. The number of nitrogens with one attached hydrogen (secondary N) is 2. The van der Waals surface area contributed by atoms with Crippen molar-refractivity contribution >= 4 is 45.5 Å². The highest BCUT2D eigenvalue weighted by atomic mass is 32.2. The second-order valence-electron chi connectivity index (χ2n) is 7.49. The number of hydrogen-bond donors (Lipinski definition) is 2. The predicted molar refractivity (Wildman–Crippen MR) is 120 cm³/mol. The highest BCUT2D eigenvalue weighted by Gasteiger charge is 2.18. The molecule has 6 nitrogen and oxygen atoms in total. The Hall–Kier alpha value is -1.80. The summed E-state index contributed by atoms with van der Waals surface area (Å²) in [6, 6.07) is 8.16. The molecule has 1 atom stereocenters. The van der Waals surface area contributed by atoms with E-state index in [0.717, 1.165) is 34.8 Å². The van der Waals surface area contributed by atoms with Crippen molar-refractivity contribution in [1.29, 1.82) is 0 Å². The number of aromatic nitrogens is 2. The van der Waals surface area contributed by atoms with Gasteiger partial charge in [-0.05, 0) is 56.4 Å². The summed E-state index contributed by atoms with van der Waals surface area (Å²) in [4.78, 5) is 14.9. The van der Waals surface area contributed by atoms with Crippen molar-refractivity contribution in [2.75, 3.05) is 35.2 Å². The van der Waals surface area contributed by atoms with Crippen molar-refractivity contribution in [3.05, 3.63) is 24.3 Å². The van der Waals surface area contributed by atoms with E-state index in [1.54, 1.807) is 0 Å². The third kappa shape index (κ3) is 6.10. The van der Waals surface area contributed by atoms with Gasteiger partial charge in [-0.1, -0.05) is 36.9 Å². The molecule has 1 amide bonds. The van der Waals surface area contributed by atoms with Gasteiger partial charge in [-0.15, -0.1) is 10.2 Å². The monoisotopic (exact) mass is 419 g/mol. The summed E-state index contributed by atoms with van der Waals surface area (Å²) >= 11 is 2.93. The maximum Gasteiger partial charge on any atom is 0.237 e. The molecule has 1 aliphatic rings. The van der Waals surface area contributed by atoms with Gasteiger partial charge in [-0.25, -0.2) is 0 Å². The molecule has 28 heavy (non-hydrogen) atoms. The van der Waals surface area contributed by atoms with Crippen LogP contribution in [0.15, 0.2) is 28.6 Å². The van der Waals surface area contributed by atoms with Gasteiger partial charge in [0, 0.05) is 31.0 Å². The van der Waals surface area contributed by atoms with E-state index in [4.69, 9.17) is 0 Å². The minimum Gasteiger partial charge on any atom is -0.372 e. The smallest absolute Gasteiger partial charge is 0.237 e. The van der Waals surface area contributed by atoms with Crippen molar-refractivity contribution < 1.29 is 4.79 Å². The first kappa shape index (κ1) is 20.9. The molecule has 3 rings (SSSR count). The summed E-state index contributed by atoms with van der Waals surface area (Å²) in [6.45, 7) is 9.29. The van der Waals surface area contributed by atoms with Crippen LogP contribution in [-0.2, 0) is 4.79 Å². The molecule has 2 N–H and O–H groups in total. The molecule has 2 aromatic rings. The van der Waals surface area contributed by atoms with E-state index >= 15 is 0 Å². The van der Waals surface area contributed by atoms with Gasteiger partial charge in [-0.2, -0.15) is 0 Å². The van der Waals surface area contributed by atoms with Crippen molar-refractivity contribution in [3.8, 4) is 0 Å². The first-order valence-corrected chi connectivity index (χ1v) is 11.6. The summed E-state index contributed by atoms with van der Waals surface area (Å²) in [7, 11) is 0. The number of thioether (sulfide) groups is 1. The number of carbonyl (C=O) groups excluding carboxylic acids is 1. The second-order valence-corrected chi connectivity index (χ2v) is 10.1. The number of nitrogens with zero attached hydrogens (tertiary/aromatic N) is 3. The Morgan fingerprint density at radius 2 is 1.86 bits per heavy atom. The zero-order valence-electron chi connectivity index (χ0n) is 16.8. The van der Waals surface area contributed by atoms with Crippen LogP contribution in [0.5, 0.6) is 0 Å². The van der Waals surface area contributed by atoms with E-state index in [0.29, 0.717) is 5.92 Å². The number of benzene rings is 1. The fourth-order valence-corrected chi connectivity index (χ4v) is 4.88. The lowest BCUT2D eigenvalue weighted by Gasteiger charge is -2.28. The molecule has 1 unspecified atom stereocenters. The van der Waals surface area contributed by atoms with Crippen molar-refractivity contribution in [2.45, 2.75) is 49.6 Å². The Labute approximate surface area is 175 Å². The largest absolute Gasteiger partial charge is 0.372 e. The van der Waals surface area contributed by atoms with Crippen molar-refractivity contribution in [2.24, 2.45) is 5.92 Å². The molecule has 0 bridgehead atoms. The van der Waals surface area contributed by atoms with E-state index in [1.807, 2.05) is 19.1 Å². The molecule has 1 aromatic carbocycles. The summed E-state index contributed by atoms with van der Waals surface area (Å²) < 4.78 is 0.800. The standard InChI is InChI=1S/C20H29N5OS2/c1-14(2)13-21-19-23-24-20(28-19)27-15(3)18(26)22-16-7-9-17(10-8-16)25-11-5-4-6-12-25/h7-10,14-15H,4-6,11-13H2,1-3H3,(H,21,23)(H,22,26). The molecule has 1 aliphatic heterocycles. The zero-order valence-corrected chi connectivity index (χ0v) is 18.4. The van der Waals surface area contributed by atoms with Crippen molar-refractivity contribution in [3.63, 3.8) is 0 Å². The van der Waals surface area contributed by atoms with Crippen LogP contribution in [0.4, 0.5) is 16.5 Å². The maximum atomic E-state index is 12.5. The quantitative estimate of drug-likeness (QED) is 0.604. The fraction of sp³-hybridized carbons (Fsp3) is 0.550. The molecular formula is C20H29N5OS2. The van der Waals surface area contributed by atoms with Gasteiger partial charge >= 0.3 is 0 Å². The van der Waals surface area contributed by atoms with Crippen molar-refractivity contribution in [1.82, 2.24) is 10.2 Å². The normalized spacial score (nSPS) is 15.5. The Balaban J connectivity index is 1.49. The number of anilines is 3. The van der Waals surface area contributed by atoms with Gasteiger partial charge in [0.15, 0.2) is 4.34 Å². The third-order valence-corrected chi connectivity index (χ3v) is 6.64. The minimum absolute atomic E-state index is 0.0254. The molecule has 1 saturated heterocycles. The van der Waals surface area contributed by atoms with E-state index in [9.17, 15) is 4.79 Å². The number of amides is 1. The van der Waals surface area contributed by atoms with Gasteiger partial charge < -0.3 is 15.5 Å². The summed E-state index contributed by atoms with van der Waals surface area (Å²) in [6.07, 6.45) is 3.84. The molecular weight excluding hydrogens is 390 g/mol. The molecule has 0 aliphatic carbocycles. The fourth-order valence-electron chi connectivity index (χ4n) is 2.98. The van der Waals surface area contributed by atoms with Crippen LogP contribution in [0, 0.1) is 5.92 Å². The lowest BCUT2D eigenvalue weighted by molar-refractivity contribution is -0.115. The molecule has 1 fully saturated rings. The van der Waals surface area contributed by atoms with E-state index < -0.39 is 0 Å². The summed E-state index contributed by atoms with van der Waals surface area (Å²) in [5.41, 5.74) is 2.06.